The second kappa shape index (κ2) is 6.82. The van der Waals surface area contributed by atoms with E-state index in [2.05, 4.69) is 20.8 Å². The molecule has 2 N–H and O–H groups in total. The molecule has 0 spiro atoms. The Morgan fingerprint density at radius 3 is 2.88 bits per heavy atom. The maximum atomic E-state index is 12.8. The van der Waals surface area contributed by atoms with Crippen molar-refractivity contribution in [3.63, 3.8) is 0 Å². The van der Waals surface area contributed by atoms with Crippen molar-refractivity contribution >= 4 is 57.1 Å². The van der Waals surface area contributed by atoms with Crippen molar-refractivity contribution in [2.75, 3.05) is 10.6 Å². The van der Waals surface area contributed by atoms with Gasteiger partial charge in [-0.05, 0) is 30.5 Å². The number of carbonyl (C=O) groups excluding carboxylic acids is 2. The Labute approximate surface area is 162 Å². The molecule has 1 atom stereocenters. The number of thiophene rings is 1. The molecule has 0 radical (unpaired) electrons. The van der Waals surface area contributed by atoms with Gasteiger partial charge >= 0.3 is 0 Å². The number of rotatable bonds is 4. The predicted molar refractivity (Wildman–Crippen MR) is 105 cm³/mol. The summed E-state index contributed by atoms with van der Waals surface area (Å²) in [7, 11) is 0. The number of aromatic nitrogens is 2. The molecular weight excluding hydrogens is 388 g/mol. The first-order valence-corrected chi connectivity index (χ1v) is 10.3. The zero-order valence-electron chi connectivity index (χ0n) is 13.7. The highest BCUT2D eigenvalue weighted by Crippen LogP contribution is 2.42. The molecule has 6 nitrogen and oxygen atoms in total. The lowest BCUT2D eigenvalue weighted by atomic mass is 10.1. The number of hydrogen-bond acceptors (Lipinski definition) is 7. The number of fused-ring (bicyclic) bond motifs is 1. The maximum absolute atomic E-state index is 12.8. The van der Waals surface area contributed by atoms with Crippen molar-refractivity contribution in [2.45, 2.75) is 23.0 Å². The van der Waals surface area contributed by atoms with Crippen LogP contribution in [0, 0.1) is 0 Å². The van der Waals surface area contributed by atoms with E-state index in [0.717, 1.165) is 15.6 Å². The van der Waals surface area contributed by atoms with E-state index < -0.39 is 10.7 Å². The number of nitrogens with zero attached hydrogens (tertiary/aromatic N) is 2. The Morgan fingerprint density at radius 1 is 1.23 bits per heavy atom. The van der Waals surface area contributed by atoms with Crippen molar-refractivity contribution < 1.29 is 9.59 Å². The zero-order chi connectivity index (χ0) is 18.1. The van der Waals surface area contributed by atoms with Crippen LogP contribution < -0.4 is 10.6 Å². The van der Waals surface area contributed by atoms with E-state index in [1.807, 2.05) is 41.8 Å². The van der Waals surface area contributed by atoms with Gasteiger partial charge in [-0.15, -0.1) is 21.5 Å². The van der Waals surface area contributed by atoms with Crippen molar-refractivity contribution in [3.05, 3.63) is 51.7 Å². The number of carbonyl (C=O) groups is 2. The molecule has 1 aromatic carbocycles. The first-order valence-electron chi connectivity index (χ1n) is 7.80. The third kappa shape index (κ3) is 3.25. The third-order valence-corrected chi connectivity index (χ3v) is 6.98. The minimum atomic E-state index is -1.27. The summed E-state index contributed by atoms with van der Waals surface area (Å²) < 4.78 is -1.27. The third-order valence-electron chi connectivity index (χ3n) is 3.91. The largest absolute Gasteiger partial charge is 0.323 e. The quantitative estimate of drug-likeness (QED) is 0.651. The Kier molecular flexibility index (Phi) is 4.51. The Bertz CT molecular complexity index is 970. The van der Waals surface area contributed by atoms with Gasteiger partial charge in [0.25, 0.3) is 5.91 Å². The van der Waals surface area contributed by atoms with Crippen molar-refractivity contribution in [1.29, 1.82) is 0 Å². The van der Waals surface area contributed by atoms with Crippen LogP contribution in [0.15, 0.2) is 46.7 Å². The van der Waals surface area contributed by atoms with E-state index in [9.17, 15) is 9.59 Å². The molecule has 3 heterocycles. The van der Waals surface area contributed by atoms with E-state index in [0.29, 0.717) is 11.6 Å². The molecule has 2 amide bonds. The zero-order valence-corrected chi connectivity index (χ0v) is 16.1. The predicted octanol–water partition coefficient (Wildman–Crippen LogP) is 3.63. The molecule has 132 valence electrons. The molecule has 2 aromatic heterocycles. The maximum Gasteiger partial charge on any atom is 0.252 e. The molecule has 0 saturated heterocycles. The molecule has 26 heavy (non-hydrogen) atoms. The number of nitrogens with one attached hydrogen (secondary N) is 2. The van der Waals surface area contributed by atoms with Gasteiger partial charge in [0.05, 0.1) is 5.69 Å². The summed E-state index contributed by atoms with van der Waals surface area (Å²) in [6, 6.07) is 11.4. The lowest BCUT2D eigenvalue weighted by molar-refractivity contribution is -0.126. The van der Waals surface area contributed by atoms with Gasteiger partial charge in [0.2, 0.25) is 11.0 Å². The number of para-hydroxylation sites is 1. The molecule has 1 aliphatic heterocycles. The van der Waals surface area contributed by atoms with Gasteiger partial charge in [0.1, 0.15) is 5.01 Å². The minimum absolute atomic E-state index is 0.345. The molecule has 9 heteroatoms. The van der Waals surface area contributed by atoms with Gasteiger partial charge in [0, 0.05) is 16.2 Å². The van der Waals surface area contributed by atoms with Crippen LogP contribution in [0.25, 0.3) is 0 Å². The second-order valence-corrected chi connectivity index (χ2v) is 9.35. The molecule has 4 rings (SSSR count). The Morgan fingerprint density at radius 2 is 2.08 bits per heavy atom. The summed E-state index contributed by atoms with van der Waals surface area (Å²) in [5.41, 5.74) is 0.724. The molecular formula is C17H14N4O2S3. The van der Waals surface area contributed by atoms with E-state index in [-0.39, 0.29) is 5.91 Å². The summed E-state index contributed by atoms with van der Waals surface area (Å²) in [6.07, 6.45) is 0.686. The van der Waals surface area contributed by atoms with Crippen LogP contribution in [0.4, 0.5) is 10.8 Å². The number of benzene rings is 1. The van der Waals surface area contributed by atoms with E-state index in [1.54, 1.807) is 18.3 Å². The number of thioether (sulfide) groups is 1. The monoisotopic (exact) mass is 402 g/mol. The highest BCUT2D eigenvalue weighted by atomic mass is 32.2. The van der Waals surface area contributed by atoms with Crippen molar-refractivity contribution in [3.8, 4) is 0 Å². The van der Waals surface area contributed by atoms with Crippen molar-refractivity contribution in [2.24, 2.45) is 0 Å². The van der Waals surface area contributed by atoms with Crippen molar-refractivity contribution in [1.82, 2.24) is 10.2 Å². The second-order valence-electron chi connectivity index (χ2n) is 5.80. The average Bonchev–Trinajstić information content (AvgIpc) is 3.28. The van der Waals surface area contributed by atoms with E-state index in [1.165, 1.54) is 28.0 Å². The minimum Gasteiger partial charge on any atom is -0.323 e. The van der Waals surface area contributed by atoms with Crippen LogP contribution >= 0.6 is 34.4 Å². The molecule has 0 saturated carbocycles. The summed E-state index contributed by atoms with van der Waals surface area (Å²) in [4.78, 5) is 27.3. The van der Waals surface area contributed by atoms with E-state index >= 15 is 0 Å². The van der Waals surface area contributed by atoms with Gasteiger partial charge in [-0.2, -0.15) is 0 Å². The van der Waals surface area contributed by atoms with E-state index in [4.69, 9.17) is 0 Å². The fourth-order valence-electron chi connectivity index (χ4n) is 2.47. The Balaban J connectivity index is 1.49. The standard InChI is InChI=1S/C17H14N4O2S3/c1-17(14(22)18-11-6-2-3-7-12(11)26-17)15(23)19-16-21-20-13(25-16)9-10-5-4-8-24-10/h2-8H,9H2,1H3,(H,18,22)(H,19,21,23). The highest BCUT2D eigenvalue weighted by Gasteiger charge is 2.46. The summed E-state index contributed by atoms with van der Waals surface area (Å²) in [5, 5.41) is 16.9. The molecule has 3 aromatic rings. The normalized spacial score (nSPS) is 18.9. The molecule has 0 bridgehead atoms. The smallest absolute Gasteiger partial charge is 0.252 e. The Hall–Kier alpha value is -2.23. The summed E-state index contributed by atoms with van der Waals surface area (Å²) in [6.45, 7) is 1.62. The fourth-order valence-corrected chi connectivity index (χ4v) is 5.13. The first-order chi connectivity index (χ1) is 12.5. The summed E-state index contributed by atoms with van der Waals surface area (Å²) >= 11 is 4.21. The van der Waals surface area contributed by atoms with Gasteiger partial charge < -0.3 is 5.32 Å². The van der Waals surface area contributed by atoms with Crippen LogP contribution in [0.2, 0.25) is 0 Å². The van der Waals surface area contributed by atoms with Gasteiger partial charge in [-0.3, -0.25) is 14.9 Å². The number of amides is 2. The first kappa shape index (κ1) is 17.2. The van der Waals surface area contributed by atoms with Crippen LogP contribution in [0.1, 0.15) is 16.8 Å². The molecule has 0 fully saturated rings. The molecule has 1 unspecified atom stereocenters. The van der Waals surface area contributed by atoms with Gasteiger partial charge in [-0.1, -0.05) is 41.3 Å². The van der Waals surface area contributed by atoms with Crippen LogP contribution in [0.5, 0.6) is 0 Å². The lowest BCUT2D eigenvalue weighted by Crippen LogP contribution is -2.49. The summed E-state index contributed by atoms with van der Waals surface area (Å²) in [5.74, 6) is -0.754. The number of anilines is 2. The lowest BCUT2D eigenvalue weighted by Gasteiger charge is -2.31. The van der Waals surface area contributed by atoms with Crippen LogP contribution in [-0.4, -0.2) is 26.8 Å². The van der Waals surface area contributed by atoms with Gasteiger partial charge in [-0.25, -0.2) is 0 Å². The molecule has 0 aliphatic carbocycles. The number of hydrogen-bond donors (Lipinski definition) is 2. The topological polar surface area (TPSA) is 84.0 Å². The fraction of sp³-hybridized carbons (Fsp3) is 0.176. The van der Waals surface area contributed by atoms with Crippen LogP contribution in [-0.2, 0) is 16.0 Å². The molecule has 1 aliphatic rings. The van der Waals surface area contributed by atoms with Gasteiger partial charge in [0.15, 0.2) is 4.75 Å². The highest BCUT2D eigenvalue weighted by molar-refractivity contribution is 8.02. The van der Waals surface area contributed by atoms with Crippen LogP contribution in [0.3, 0.4) is 0 Å². The average molecular weight is 403 g/mol. The SMILES string of the molecule is CC1(C(=O)Nc2nnc(Cc3cccs3)s2)Sc2ccccc2NC1=O.